The van der Waals surface area contributed by atoms with Crippen LogP contribution in [0.15, 0.2) is 103 Å². The number of benzene rings is 3. The lowest BCUT2D eigenvalue weighted by Gasteiger charge is -2.08. The molecule has 0 unspecified atom stereocenters. The van der Waals surface area contributed by atoms with E-state index in [4.69, 9.17) is 21.3 Å². The first-order valence-corrected chi connectivity index (χ1v) is 10.7. The van der Waals surface area contributed by atoms with Gasteiger partial charge < -0.3 is 9.72 Å². The van der Waals surface area contributed by atoms with E-state index in [-0.39, 0.29) is 0 Å². The zero-order chi connectivity index (χ0) is 21.8. The number of hydrogen-bond donors (Lipinski definition) is 1. The number of nitrogens with one attached hydrogen (secondary N) is 1. The van der Waals surface area contributed by atoms with E-state index in [0.717, 1.165) is 45.2 Å². The second-order valence-electron chi connectivity index (χ2n) is 7.35. The van der Waals surface area contributed by atoms with Crippen LogP contribution in [0.25, 0.3) is 33.9 Å². The van der Waals surface area contributed by atoms with E-state index in [2.05, 4.69) is 22.1 Å². The summed E-state index contributed by atoms with van der Waals surface area (Å²) in [6.07, 6.45) is 3.56. The Labute approximate surface area is 191 Å². The number of aromatic amines is 1. The van der Waals surface area contributed by atoms with Crippen molar-refractivity contribution in [2.75, 3.05) is 0 Å². The number of pyridine rings is 1. The summed E-state index contributed by atoms with van der Waals surface area (Å²) in [6, 6.07) is 29.7. The Kier molecular flexibility index (Phi) is 5.69. The molecule has 0 spiro atoms. The molecule has 0 atom stereocenters. The highest BCUT2D eigenvalue weighted by molar-refractivity contribution is 6.30. The molecule has 1 N–H and O–H groups in total. The number of halogens is 1. The predicted octanol–water partition coefficient (Wildman–Crippen LogP) is 7.04. The third kappa shape index (κ3) is 4.41. The van der Waals surface area contributed by atoms with Crippen LogP contribution >= 0.6 is 11.6 Å². The summed E-state index contributed by atoms with van der Waals surface area (Å²) in [5.41, 5.74) is 5.94. The minimum Gasteiger partial charge on any atom is -0.489 e. The van der Waals surface area contributed by atoms with Gasteiger partial charge in [-0.15, -0.1) is 0 Å². The molecule has 2 heterocycles. The number of H-pyrrole nitrogens is 1. The summed E-state index contributed by atoms with van der Waals surface area (Å²) >= 11 is 6.06. The van der Waals surface area contributed by atoms with Gasteiger partial charge in [0.15, 0.2) is 0 Å². The van der Waals surface area contributed by atoms with Crippen molar-refractivity contribution in [3.63, 3.8) is 0 Å². The lowest BCUT2D eigenvalue weighted by atomic mass is 10.1. The first-order chi connectivity index (χ1) is 15.8. The number of nitrogens with zero attached hydrogens (tertiary/aromatic N) is 2. The largest absolute Gasteiger partial charge is 0.489 e. The molecular weight excluding hydrogens is 418 g/mol. The lowest BCUT2D eigenvalue weighted by molar-refractivity contribution is 0.306. The van der Waals surface area contributed by atoms with Crippen molar-refractivity contribution in [2.45, 2.75) is 6.61 Å². The summed E-state index contributed by atoms with van der Waals surface area (Å²) in [7, 11) is 0. The van der Waals surface area contributed by atoms with Crippen LogP contribution in [0.1, 0.15) is 5.56 Å². The van der Waals surface area contributed by atoms with Crippen molar-refractivity contribution in [2.24, 2.45) is 0 Å². The molecule has 0 amide bonds. The average molecular weight is 438 g/mol. The summed E-state index contributed by atoms with van der Waals surface area (Å²) in [6.45, 7) is 0.533. The molecule has 156 valence electrons. The highest BCUT2D eigenvalue weighted by atomic mass is 35.5. The fourth-order valence-electron chi connectivity index (χ4n) is 3.50. The van der Waals surface area contributed by atoms with Crippen LogP contribution in [0, 0.1) is 0 Å². The Morgan fingerprint density at radius 3 is 2.12 bits per heavy atom. The van der Waals surface area contributed by atoms with Gasteiger partial charge in [0.2, 0.25) is 0 Å². The summed E-state index contributed by atoms with van der Waals surface area (Å²) in [5.74, 6) is 1.60. The van der Waals surface area contributed by atoms with Crippen LogP contribution in [-0.2, 0) is 6.61 Å². The maximum atomic E-state index is 6.06. The summed E-state index contributed by atoms with van der Waals surface area (Å²) in [4.78, 5) is 12.5. The maximum Gasteiger partial charge on any atom is 0.138 e. The van der Waals surface area contributed by atoms with E-state index in [1.165, 1.54) is 0 Å². The molecular formula is C27H20ClN3O. The van der Waals surface area contributed by atoms with Crippen molar-refractivity contribution in [3.05, 3.63) is 114 Å². The second kappa shape index (κ2) is 9.08. The number of imidazole rings is 1. The van der Waals surface area contributed by atoms with Crippen LogP contribution in [0.5, 0.6) is 5.75 Å². The van der Waals surface area contributed by atoms with Gasteiger partial charge in [0, 0.05) is 34.1 Å². The van der Waals surface area contributed by atoms with E-state index in [0.29, 0.717) is 11.6 Å². The van der Waals surface area contributed by atoms with Gasteiger partial charge in [0.25, 0.3) is 0 Å². The second-order valence-corrected chi connectivity index (χ2v) is 7.79. The zero-order valence-corrected chi connectivity index (χ0v) is 18.0. The first-order valence-electron chi connectivity index (χ1n) is 10.3. The van der Waals surface area contributed by atoms with Gasteiger partial charge in [-0.05, 0) is 66.2 Å². The maximum absolute atomic E-state index is 6.06. The van der Waals surface area contributed by atoms with E-state index >= 15 is 0 Å². The SMILES string of the molecule is Clc1ccc(-c2nc(-c3ccc(OCc4ccccc4)cc3)c(-c3ccncc3)[nH]2)cc1. The van der Waals surface area contributed by atoms with E-state index in [1.54, 1.807) is 12.4 Å². The Morgan fingerprint density at radius 1 is 0.719 bits per heavy atom. The van der Waals surface area contributed by atoms with E-state index in [1.807, 2.05) is 78.9 Å². The monoisotopic (exact) mass is 437 g/mol. The van der Waals surface area contributed by atoms with Gasteiger partial charge in [-0.1, -0.05) is 41.9 Å². The summed E-state index contributed by atoms with van der Waals surface area (Å²) in [5, 5.41) is 0.695. The number of aromatic nitrogens is 3. The molecule has 0 aliphatic rings. The van der Waals surface area contributed by atoms with Gasteiger partial charge in [0.05, 0.1) is 11.4 Å². The molecule has 0 bridgehead atoms. The number of rotatable bonds is 6. The molecule has 0 saturated carbocycles. The molecule has 4 nitrogen and oxygen atoms in total. The first kappa shape index (κ1) is 20.0. The molecule has 0 fully saturated rings. The predicted molar refractivity (Wildman–Crippen MR) is 128 cm³/mol. The molecule has 2 aromatic heterocycles. The van der Waals surface area contributed by atoms with Crippen molar-refractivity contribution >= 4 is 11.6 Å². The molecule has 0 aliphatic heterocycles. The highest BCUT2D eigenvalue weighted by Gasteiger charge is 2.15. The van der Waals surface area contributed by atoms with Crippen molar-refractivity contribution in [1.82, 2.24) is 15.0 Å². The highest BCUT2D eigenvalue weighted by Crippen LogP contribution is 2.34. The van der Waals surface area contributed by atoms with E-state index < -0.39 is 0 Å². The van der Waals surface area contributed by atoms with Gasteiger partial charge >= 0.3 is 0 Å². The Balaban J connectivity index is 1.47. The Bertz CT molecular complexity index is 1300. The molecule has 3 aromatic carbocycles. The summed E-state index contributed by atoms with van der Waals surface area (Å²) < 4.78 is 5.93. The quantitative estimate of drug-likeness (QED) is 0.310. The molecule has 0 radical (unpaired) electrons. The number of hydrogen-bond acceptors (Lipinski definition) is 3. The Morgan fingerprint density at radius 2 is 1.41 bits per heavy atom. The minimum atomic E-state index is 0.533. The Hall–Kier alpha value is -3.89. The zero-order valence-electron chi connectivity index (χ0n) is 17.2. The van der Waals surface area contributed by atoms with Crippen LogP contribution in [0.3, 0.4) is 0 Å². The standard InChI is InChI=1S/C27H20ClN3O/c28-23-10-6-22(7-11-23)27-30-25(26(31-27)21-14-16-29-17-15-21)20-8-12-24(13-9-20)32-18-19-4-2-1-3-5-19/h1-17H,18H2,(H,30,31). The van der Waals surface area contributed by atoms with Gasteiger partial charge in [0.1, 0.15) is 18.2 Å². The molecule has 0 saturated heterocycles. The van der Waals surface area contributed by atoms with Crippen molar-refractivity contribution < 1.29 is 4.74 Å². The fourth-order valence-corrected chi connectivity index (χ4v) is 3.63. The van der Waals surface area contributed by atoms with E-state index in [9.17, 15) is 0 Å². The normalized spacial score (nSPS) is 10.8. The average Bonchev–Trinajstić information content (AvgIpc) is 3.30. The third-order valence-electron chi connectivity index (χ3n) is 5.17. The topological polar surface area (TPSA) is 50.8 Å². The molecule has 5 heteroatoms. The van der Waals surface area contributed by atoms with Crippen LogP contribution in [-0.4, -0.2) is 15.0 Å². The molecule has 0 aliphatic carbocycles. The molecule has 5 rings (SSSR count). The van der Waals surface area contributed by atoms with Crippen molar-refractivity contribution in [1.29, 1.82) is 0 Å². The fraction of sp³-hybridized carbons (Fsp3) is 0.0370. The van der Waals surface area contributed by atoms with Gasteiger partial charge in [-0.3, -0.25) is 4.98 Å². The molecule has 32 heavy (non-hydrogen) atoms. The van der Waals surface area contributed by atoms with Crippen LogP contribution < -0.4 is 4.74 Å². The third-order valence-corrected chi connectivity index (χ3v) is 5.42. The smallest absolute Gasteiger partial charge is 0.138 e. The minimum absolute atomic E-state index is 0.533. The lowest BCUT2D eigenvalue weighted by Crippen LogP contribution is -1.94. The van der Waals surface area contributed by atoms with Gasteiger partial charge in [-0.25, -0.2) is 4.98 Å². The van der Waals surface area contributed by atoms with Crippen LogP contribution in [0.2, 0.25) is 5.02 Å². The number of ether oxygens (including phenoxy) is 1. The van der Waals surface area contributed by atoms with Gasteiger partial charge in [-0.2, -0.15) is 0 Å². The molecule has 5 aromatic rings. The van der Waals surface area contributed by atoms with Crippen LogP contribution in [0.4, 0.5) is 0 Å². The van der Waals surface area contributed by atoms with Crippen molar-refractivity contribution in [3.8, 4) is 39.7 Å².